The van der Waals surface area contributed by atoms with Crippen molar-refractivity contribution in [3.05, 3.63) is 29.8 Å². The fourth-order valence-corrected chi connectivity index (χ4v) is 2.70. The summed E-state index contributed by atoms with van der Waals surface area (Å²) < 4.78 is 29.1. The van der Waals surface area contributed by atoms with Gasteiger partial charge < -0.3 is 10.2 Å². The van der Waals surface area contributed by atoms with Gasteiger partial charge in [-0.1, -0.05) is 17.7 Å². The van der Waals surface area contributed by atoms with E-state index in [1.165, 1.54) is 12.1 Å². The molecule has 0 saturated heterocycles. The van der Waals surface area contributed by atoms with Crippen LogP contribution in [0.2, 0.25) is 0 Å². The molecule has 1 atom stereocenters. The van der Waals surface area contributed by atoms with Crippen molar-refractivity contribution in [3.63, 3.8) is 0 Å². The van der Waals surface area contributed by atoms with E-state index >= 15 is 0 Å². The van der Waals surface area contributed by atoms with Crippen LogP contribution < -0.4 is 39.4 Å². The number of nitrogens with zero attached hydrogens (tertiary/aromatic N) is 1. The number of benzene rings is 1. The second-order valence-electron chi connectivity index (χ2n) is 4.01. The van der Waals surface area contributed by atoms with E-state index in [2.05, 4.69) is 20.2 Å². The van der Waals surface area contributed by atoms with Crippen LogP contribution in [0.3, 0.4) is 0 Å². The minimum atomic E-state index is -4.02. The molecule has 0 fully saturated rings. The first kappa shape index (κ1) is 20.6. The molecule has 2 N–H and O–H groups in total. The minimum absolute atomic E-state index is 0. The zero-order valence-corrected chi connectivity index (χ0v) is 15.8. The fourth-order valence-electron chi connectivity index (χ4n) is 1.36. The summed E-state index contributed by atoms with van der Waals surface area (Å²) in [6, 6.07) is 4.31. The number of aryl methyl sites for hydroxylation is 1. The molecule has 0 saturated carbocycles. The normalized spacial score (nSPS) is 13.3. The van der Waals surface area contributed by atoms with Crippen LogP contribution in [0, 0.1) is 6.92 Å². The minimum Gasteiger partial charge on any atom is -0.861 e. The van der Waals surface area contributed by atoms with Crippen molar-refractivity contribution in [1.29, 1.82) is 0 Å². The van der Waals surface area contributed by atoms with E-state index in [0.29, 0.717) is 0 Å². The number of sulfonamides is 1. The van der Waals surface area contributed by atoms with Crippen molar-refractivity contribution in [1.82, 2.24) is 4.72 Å². The number of carboxylic acid groups (broad SMARTS) is 1. The van der Waals surface area contributed by atoms with Gasteiger partial charge in [-0.05, 0) is 25.0 Å². The molecule has 0 aromatic heterocycles. The Bertz CT molecular complexity index is 618. The summed E-state index contributed by atoms with van der Waals surface area (Å²) in [6.07, 6.45) is -0.578. The molecule has 110 valence electrons. The molecule has 0 radical (unpaired) electrons. The number of nitrogens with one attached hydrogen (secondary N) is 1. The Labute approximate surface area is 153 Å². The number of hydrogen-bond acceptors (Lipinski definition) is 5. The van der Waals surface area contributed by atoms with Gasteiger partial charge in [0.25, 0.3) is 0 Å². The summed E-state index contributed by atoms with van der Waals surface area (Å²) in [5.74, 6) is -2.23. The Morgan fingerprint density at radius 2 is 1.95 bits per heavy atom. The van der Waals surface area contributed by atoms with E-state index in [9.17, 15) is 18.3 Å². The Morgan fingerprint density at radius 1 is 1.43 bits per heavy atom. The zero-order chi connectivity index (χ0) is 15.3. The first-order valence-corrected chi connectivity index (χ1v) is 7.62. The summed E-state index contributed by atoms with van der Waals surface area (Å²) in [5, 5.41) is 20.0. The smallest absolute Gasteiger partial charge is 0.861 e. The predicted octanol–water partition coefficient (Wildman–Crippen LogP) is -2.81. The SMILES string of the molecule is Cc1ccc(S(=O)(=O)N[C@@H](CC([O-])=NBr)C(=O)O)cc1.[Na+]. The molecule has 1 rings (SSSR count). The summed E-state index contributed by atoms with van der Waals surface area (Å²) in [5.41, 5.74) is 0.868. The van der Waals surface area contributed by atoms with Gasteiger partial charge in [0, 0.05) is 6.42 Å². The van der Waals surface area contributed by atoms with Gasteiger partial charge in [-0.15, -0.1) is 0 Å². The third kappa shape index (κ3) is 6.45. The van der Waals surface area contributed by atoms with Gasteiger partial charge in [0.15, 0.2) is 0 Å². The van der Waals surface area contributed by atoms with Crippen molar-refractivity contribution in [3.8, 4) is 0 Å². The quantitative estimate of drug-likeness (QED) is 0.310. The van der Waals surface area contributed by atoms with Crippen molar-refractivity contribution < 1.29 is 53.0 Å². The summed E-state index contributed by atoms with van der Waals surface area (Å²) >= 11 is 2.53. The van der Waals surface area contributed by atoms with Crippen LogP contribution in [0.1, 0.15) is 12.0 Å². The molecule has 0 heterocycles. The second kappa shape index (κ2) is 8.86. The van der Waals surface area contributed by atoms with Gasteiger partial charge >= 0.3 is 35.5 Å². The number of hydrogen-bond donors (Lipinski definition) is 2. The summed E-state index contributed by atoms with van der Waals surface area (Å²) in [4.78, 5) is 10.9. The molecule has 7 nitrogen and oxygen atoms in total. The zero-order valence-electron chi connectivity index (χ0n) is 11.4. The molecule has 0 spiro atoms. The topological polar surface area (TPSA) is 119 Å². The van der Waals surface area contributed by atoms with Gasteiger partial charge in [-0.2, -0.15) is 4.72 Å². The number of rotatable bonds is 6. The van der Waals surface area contributed by atoms with Crippen LogP contribution >= 0.6 is 16.1 Å². The Morgan fingerprint density at radius 3 is 2.38 bits per heavy atom. The first-order chi connectivity index (χ1) is 9.26. The first-order valence-electron chi connectivity index (χ1n) is 5.43. The maximum Gasteiger partial charge on any atom is 1.00 e. The third-order valence-corrected chi connectivity index (χ3v) is 4.28. The predicted molar refractivity (Wildman–Crippen MR) is 73.9 cm³/mol. The van der Waals surface area contributed by atoms with E-state index in [-0.39, 0.29) is 34.5 Å². The Hall–Kier alpha value is -0.450. The molecule has 0 aliphatic heterocycles. The van der Waals surface area contributed by atoms with E-state index < -0.39 is 34.4 Å². The van der Waals surface area contributed by atoms with Gasteiger partial charge in [-0.3, -0.25) is 4.79 Å². The van der Waals surface area contributed by atoms with E-state index in [4.69, 9.17) is 5.11 Å². The number of carbonyl (C=O) groups is 1. The molecule has 0 aliphatic rings. The van der Waals surface area contributed by atoms with Crippen LogP contribution in [0.4, 0.5) is 0 Å². The number of halogens is 1. The van der Waals surface area contributed by atoms with Crippen molar-refractivity contribution in [2.45, 2.75) is 24.3 Å². The Kier molecular flexibility index (Phi) is 8.67. The van der Waals surface area contributed by atoms with Gasteiger partial charge in [0.1, 0.15) is 6.04 Å². The van der Waals surface area contributed by atoms with Crippen molar-refractivity contribution in [2.24, 2.45) is 4.02 Å². The van der Waals surface area contributed by atoms with E-state index in [1.54, 1.807) is 19.1 Å². The van der Waals surface area contributed by atoms with Gasteiger partial charge in [0.05, 0.1) is 21.0 Å². The fraction of sp³-hybridized carbons (Fsp3) is 0.273. The average Bonchev–Trinajstić information content (AvgIpc) is 2.37. The van der Waals surface area contributed by atoms with E-state index in [0.717, 1.165) is 5.56 Å². The molecule has 21 heavy (non-hydrogen) atoms. The van der Waals surface area contributed by atoms with Gasteiger partial charge in [-0.25, -0.2) is 12.4 Å². The van der Waals surface area contributed by atoms with Crippen LogP contribution in [0.5, 0.6) is 0 Å². The molecule has 0 amide bonds. The molecule has 0 unspecified atom stereocenters. The molecule has 1 aromatic carbocycles. The summed E-state index contributed by atoms with van der Waals surface area (Å²) in [6.45, 7) is 1.79. The average molecular weight is 387 g/mol. The second-order valence-corrected chi connectivity index (χ2v) is 6.08. The summed E-state index contributed by atoms with van der Waals surface area (Å²) in [7, 11) is -4.02. The van der Waals surface area contributed by atoms with Crippen LogP contribution in [-0.2, 0) is 14.8 Å². The van der Waals surface area contributed by atoms with Crippen LogP contribution in [-0.4, -0.2) is 31.4 Å². The third-order valence-electron chi connectivity index (χ3n) is 2.40. The molecule has 0 aliphatic carbocycles. The maximum absolute atomic E-state index is 12.0. The molecule has 10 heteroatoms. The Balaban J connectivity index is 0.00000400. The maximum atomic E-state index is 12.0. The molecule has 1 aromatic rings. The number of aliphatic carboxylic acids is 1. The standard InChI is InChI=1S/C11H13BrN2O5S.Na/c1-7-2-4-8(5-3-7)20(18,19)14-9(11(16)17)6-10(15)13-12;/h2-5,9,14H,6H2,1H3,(H,13,15)(H,16,17);/q;+1/p-1/t9-;/m0./s1. The molecular formula is C11H12BrN2NaO5S. The van der Waals surface area contributed by atoms with E-state index in [1.807, 2.05) is 4.72 Å². The van der Waals surface area contributed by atoms with Crippen LogP contribution in [0.25, 0.3) is 0 Å². The number of carboxylic acids is 1. The molecular weight excluding hydrogens is 375 g/mol. The molecule has 0 bridgehead atoms. The van der Waals surface area contributed by atoms with Gasteiger partial charge in [0.2, 0.25) is 10.0 Å². The van der Waals surface area contributed by atoms with Crippen molar-refractivity contribution in [2.75, 3.05) is 0 Å². The van der Waals surface area contributed by atoms with Crippen molar-refractivity contribution >= 4 is 38.0 Å². The largest absolute Gasteiger partial charge is 1.00 e. The van der Waals surface area contributed by atoms with Crippen LogP contribution in [0.15, 0.2) is 33.2 Å². The monoisotopic (exact) mass is 386 g/mol.